The Morgan fingerprint density at radius 2 is 2.07 bits per heavy atom. The number of hydrogen-bond donors (Lipinski definition) is 2. The Morgan fingerprint density at radius 3 is 2.79 bits per heavy atom. The number of benzene rings is 1. The first kappa shape index (κ1) is 18.8. The summed E-state index contributed by atoms with van der Waals surface area (Å²) in [6.07, 6.45) is 5.24. The molecule has 0 spiro atoms. The third-order valence-electron chi connectivity index (χ3n) is 5.64. The first-order valence-electron chi connectivity index (χ1n) is 9.53. The highest BCUT2D eigenvalue weighted by atomic mass is 16.7. The summed E-state index contributed by atoms with van der Waals surface area (Å²) < 4.78 is 18.3. The Labute approximate surface area is 164 Å². The smallest absolute Gasteiger partial charge is 0.241 e. The van der Waals surface area contributed by atoms with Crippen LogP contribution in [0.3, 0.4) is 0 Å². The molecule has 8 nitrogen and oxygen atoms in total. The van der Waals surface area contributed by atoms with E-state index in [1.54, 1.807) is 17.9 Å². The maximum Gasteiger partial charge on any atom is 0.241 e. The minimum absolute atomic E-state index is 0.0675. The first-order valence-corrected chi connectivity index (χ1v) is 9.53. The van der Waals surface area contributed by atoms with Gasteiger partial charge in [0, 0.05) is 44.0 Å². The van der Waals surface area contributed by atoms with E-state index in [1.807, 2.05) is 25.4 Å². The highest BCUT2D eigenvalue weighted by molar-refractivity contribution is 5.83. The van der Waals surface area contributed by atoms with Gasteiger partial charge in [0.1, 0.15) is 6.04 Å². The van der Waals surface area contributed by atoms with E-state index < -0.39 is 6.04 Å². The van der Waals surface area contributed by atoms with Gasteiger partial charge in [-0.05, 0) is 37.6 Å². The average Bonchev–Trinajstić information content (AvgIpc) is 3.36. The predicted octanol–water partition coefficient (Wildman–Crippen LogP) is 1.27. The molecule has 28 heavy (non-hydrogen) atoms. The second-order valence-corrected chi connectivity index (χ2v) is 7.35. The molecule has 3 heterocycles. The molecule has 2 N–H and O–H groups in total. The fraction of sp³-hybridized carbons (Fsp3) is 0.500. The summed E-state index contributed by atoms with van der Waals surface area (Å²) in [6.45, 7) is 2.12. The van der Waals surface area contributed by atoms with Crippen molar-refractivity contribution in [2.24, 2.45) is 7.05 Å². The van der Waals surface area contributed by atoms with Crippen LogP contribution in [-0.2, 0) is 22.0 Å². The van der Waals surface area contributed by atoms with Crippen LogP contribution in [-0.4, -0.2) is 49.3 Å². The zero-order chi connectivity index (χ0) is 19.6. The van der Waals surface area contributed by atoms with E-state index in [2.05, 4.69) is 21.8 Å². The number of carbonyl (C=O) groups is 1. The van der Waals surface area contributed by atoms with Gasteiger partial charge in [-0.1, -0.05) is 6.07 Å². The highest BCUT2D eigenvalue weighted by Crippen LogP contribution is 2.40. The quantitative estimate of drug-likeness (QED) is 0.778. The van der Waals surface area contributed by atoms with E-state index in [4.69, 9.17) is 14.2 Å². The summed E-state index contributed by atoms with van der Waals surface area (Å²) in [6, 6.07) is 5.61. The molecule has 1 aromatic carbocycles. The number of hydrogen-bond acceptors (Lipinski definition) is 6. The van der Waals surface area contributed by atoms with E-state index in [0.29, 0.717) is 19.8 Å². The zero-order valence-electron chi connectivity index (χ0n) is 16.2. The summed E-state index contributed by atoms with van der Waals surface area (Å²) in [5, 5.41) is 10.4. The number of fused-ring (bicyclic) bond motifs is 1. The van der Waals surface area contributed by atoms with Crippen molar-refractivity contribution in [3.8, 4) is 11.5 Å². The monoisotopic (exact) mass is 386 g/mol. The van der Waals surface area contributed by atoms with Crippen LogP contribution in [0.4, 0.5) is 0 Å². The fourth-order valence-electron chi connectivity index (χ4n) is 3.95. The normalized spacial score (nSPS) is 18.6. The van der Waals surface area contributed by atoms with Crippen LogP contribution >= 0.6 is 0 Å². The van der Waals surface area contributed by atoms with Gasteiger partial charge >= 0.3 is 0 Å². The lowest BCUT2D eigenvalue weighted by Gasteiger charge is -2.38. The van der Waals surface area contributed by atoms with Crippen LogP contribution in [0.15, 0.2) is 30.6 Å². The van der Waals surface area contributed by atoms with Crippen molar-refractivity contribution >= 4 is 5.91 Å². The Hall–Kier alpha value is -2.58. The molecule has 0 bridgehead atoms. The molecular weight excluding hydrogens is 360 g/mol. The largest absolute Gasteiger partial charge is 0.454 e. The van der Waals surface area contributed by atoms with Crippen molar-refractivity contribution in [3.05, 3.63) is 41.7 Å². The fourth-order valence-corrected chi connectivity index (χ4v) is 3.95. The maximum atomic E-state index is 12.9. The lowest BCUT2D eigenvalue weighted by molar-refractivity contribution is -0.123. The summed E-state index contributed by atoms with van der Waals surface area (Å²) in [7, 11) is 3.62. The molecule has 0 aliphatic carbocycles. The van der Waals surface area contributed by atoms with Crippen LogP contribution in [0.2, 0.25) is 0 Å². The molecule has 1 saturated heterocycles. The number of likely N-dealkylation sites (N-methyl/N-ethyl adjacent to an activating group) is 1. The van der Waals surface area contributed by atoms with Gasteiger partial charge in [0.05, 0.1) is 6.20 Å². The molecule has 150 valence electrons. The van der Waals surface area contributed by atoms with E-state index in [9.17, 15) is 4.79 Å². The van der Waals surface area contributed by atoms with Gasteiger partial charge in [0.25, 0.3) is 0 Å². The van der Waals surface area contributed by atoms with Crippen LogP contribution in [0.25, 0.3) is 0 Å². The van der Waals surface area contributed by atoms with Crippen LogP contribution in [0.1, 0.15) is 30.0 Å². The van der Waals surface area contributed by atoms with Crippen LogP contribution in [0.5, 0.6) is 11.5 Å². The van der Waals surface area contributed by atoms with Crippen molar-refractivity contribution in [2.45, 2.75) is 24.3 Å². The zero-order valence-corrected chi connectivity index (χ0v) is 16.2. The van der Waals surface area contributed by atoms with E-state index in [1.165, 1.54) is 0 Å². The van der Waals surface area contributed by atoms with Gasteiger partial charge in [-0.3, -0.25) is 9.48 Å². The number of nitrogens with zero attached hydrogens (tertiary/aromatic N) is 2. The van der Waals surface area contributed by atoms with Gasteiger partial charge in [-0.25, -0.2) is 0 Å². The number of rotatable bonds is 6. The lowest BCUT2D eigenvalue weighted by Crippen LogP contribution is -2.47. The average molecular weight is 386 g/mol. The number of nitrogens with one attached hydrogen (secondary N) is 2. The molecule has 0 radical (unpaired) electrons. The number of ether oxygens (including phenoxy) is 3. The SMILES string of the molecule is CNC(C(=O)NCC1(c2ccc3c(c2)OCO3)CCOCC1)c1cnn(C)c1. The van der Waals surface area contributed by atoms with Crippen LogP contribution in [0, 0.1) is 0 Å². The van der Waals surface area contributed by atoms with Gasteiger partial charge < -0.3 is 24.8 Å². The number of carbonyl (C=O) groups excluding carboxylic acids is 1. The molecule has 1 atom stereocenters. The Bertz CT molecular complexity index is 844. The van der Waals surface area contributed by atoms with E-state index in [0.717, 1.165) is 35.5 Å². The molecule has 2 aromatic rings. The lowest BCUT2D eigenvalue weighted by atomic mass is 9.74. The van der Waals surface area contributed by atoms with Crippen LogP contribution < -0.4 is 20.1 Å². The topological polar surface area (TPSA) is 86.6 Å². The molecule has 1 amide bonds. The Balaban J connectivity index is 1.53. The molecule has 2 aliphatic rings. The summed E-state index contributed by atoms with van der Waals surface area (Å²) >= 11 is 0. The Morgan fingerprint density at radius 1 is 1.29 bits per heavy atom. The summed E-state index contributed by atoms with van der Waals surface area (Å²) in [4.78, 5) is 12.9. The second kappa shape index (κ2) is 7.81. The van der Waals surface area contributed by atoms with Crippen molar-refractivity contribution in [2.75, 3.05) is 33.6 Å². The van der Waals surface area contributed by atoms with E-state index >= 15 is 0 Å². The standard InChI is InChI=1S/C20H26N4O4/c1-21-18(14-10-23-24(2)11-14)19(25)22-12-20(5-7-26-8-6-20)15-3-4-16-17(9-15)28-13-27-16/h3-4,9-11,18,21H,5-8,12-13H2,1-2H3,(H,22,25). The molecule has 1 fully saturated rings. The van der Waals surface area contributed by atoms with E-state index in [-0.39, 0.29) is 18.1 Å². The molecular formula is C20H26N4O4. The van der Waals surface area contributed by atoms with Crippen molar-refractivity contribution in [1.82, 2.24) is 20.4 Å². The molecule has 1 aromatic heterocycles. The van der Waals surface area contributed by atoms with Gasteiger partial charge in [0.2, 0.25) is 12.7 Å². The molecule has 1 unspecified atom stereocenters. The highest BCUT2D eigenvalue weighted by Gasteiger charge is 2.36. The van der Waals surface area contributed by atoms with Gasteiger partial charge in [-0.15, -0.1) is 0 Å². The van der Waals surface area contributed by atoms with Gasteiger partial charge in [0.15, 0.2) is 11.5 Å². The second-order valence-electron chi connectivity index (χ2n) is 7.35. The predicted molar refractivity (Wildman–Crippen MR) is 102 cm³/mol. The minimum Gasteiger partial charge on any atom is -0.454 e. The number of amides is 1. The number of aryl methyl sites for hydroxylation is 1. The molecule has 4 rings (SSSR count). The number of aromatic nitrogens is 2. The Kier molecular flexibility index (Phi) is 5.23. The van der Waals surface area contributed by atoms with Crippen molar-refractivity contribution in [1.29, 1.82) is 0 Å². The molecule has 8 heteroatoms. The summed E-state index contributed by atoms with van der Waals surface area (Å²) in [5.41, 5.74) is 1.79. The van der Waals surface area contributed by atoms with Gasteiger partial charge in [-0.2, -0.15) is 5.10 Å². The van der Waals surface area contributed by atoms with Crippen molar-refractivity contribution < 1.29 is 19.0 Å². The molecule has 2 aliphatic heterocycles. The first-order chi connectivity index (χ1) is 13.6. The summed E-state index contributed by atoms with van der Waals surface area (Å²) in [5.74, 6) is 1.46. The third kappa shape index (κ3) is 3.57. The van der Waals surface area contributed by atoms with Crippen molar-refractivity contribution in [3.63, 3.8) is 0 Å². The molecule has 0 saturated carbocycles. The minimum atomic E-state index is -0.442. The maximum absolute atomic E-state index is 12.9. The third-order valence-corrected chi connectivity index (χ3v) is 5.64.